The molecule has 0 saturated heterocycles. The van der Waals surface area contributed by atoms with Crippen molar-refractivity contribution in [3.8, 4) is 33.8 Å². The summed E-state index contributed by atoms with van der Waals surface area (Å²) in [6, 6.07) is 27.8. The van der Waals surface area contributed by atoms with Gasteiger partial charge in [0.15, 0.2) is 0 Å². The molecular formula is C50H46F4N2O10S2. The lowest BCUT2D eigenvalue weighted by atomic mass is 10.0. The van der Waals surface area contributed by atoms with Gasteiger partial charge in [0.1, 0.15) is 47.0 Å². The lowest BCUT2D eigenvalue weighted by molar-refractivity contribution is -0.142. The van der Waals surface area contributed by atoms with Crippen molar-refractivity contribution in [2.24, 2.45) is 11.8 Å². The van der Waals surface area contributed by atoms with Crippen molar-refractivity contribution in [2.45, 2.75) is 62.5 Å². The lowest BCUT2D eigenvalue weighted by Gasteiger charge is -2.36. The van der Waals surface area contributed by atoms with Gasteiger partial charge >= 0.3 is 11.9 Å². The number of carbonyl (C=O) groups is 2. The van der Waals surface area contributed by atoms with Gasteiger partial charge in [-0.25, -0.2) is 34.4 Å². The van der Waals surface area contributed by atoms with Gasteiger partial charge in [-0.1, -0.05) is 50.2 Å². The molecule has 2 heterocycles. The summed E-state index contributed by atoms with van der Waals surface area (Å²) in [6.07, 6.45) is -1.24. The van der Waals surface area contributed by atoms with Gasteiger partial charge in [-0.15, -0.1) is 0 Å². The molecule has 0 radical (unpaired) electrons. The van der Waals surface area contributed by atoms with Crippen molar-refractivity contribution >= 4 is 43.4 Å². The average molecular weight is 975 g/mol. The first kappa shape index (κ1) is 49.0. The smallest absolute Gasteiger partial charge is 0.306 e. The van der Waals surface area contributed by atoms with Gasteiger partial charge in [0, 0.05) is 11.1 Å². The molecule has 2 N–H and O–H groups in total. The first-order valence-corrected chi connectivity index (χ1v) is 24.2. The fourth-order valence-corrected chi connectivity index (χ4v) is 11.1. The molecule has 0 fully saturated rings. The van der Waals surface area contributed by atoms with Crippen LogP contribution in [-0.2, 0) is 29.6 Å². The van der Waals surface area contributed by atoms with E-state index in [0.29, 0.717) is 0 Å². The number of anilines is 2. The van der Waals surface area contributed by atoms with E-state index in [-0.39, 0.29) is 80.8 Å². The van der Waals surface area contributed by atoms with E-state index in [9.17, 15) is 54.2 Å². The first-order valence-electron chi connectivity index (χ1n) is 21.3. The fourth-order valence-electron chi connectivity index (χ4n) is 7.89. The highest BCUT2D eigenvalue weighted by atomic mass is 32.2. The predicted octanol–water partition coefficient (Wildman–Crippen LogP) is 10.0. The minimum atomic E-state index is -4.07. The summed E-state index contributed by atoms with van der Waals surface area (Å²) in [5.41, 5.74) is 2.36. The predicted molar refractivity (Wildman–Crippen MR) is 247 cm³/mol. The molecule has 18 heteroatoms. The van der Waals surface area contributed by atoms with Crippen molar-refractivity contribution in [3.63, 3.8) is 0 Å². The number of aliphatic carboxylic acids is 2. The summed E-state index contributed by atoms with van der Waals surface area (Å²) in [7, 11) is -8.13. The molecule has 0 aliphatic carbocycles. The van der Waals surface area contributed by atoms with Crippen LogP contribution >= 0.6 is 0 Å². The first-order chi connectivity index (χ1) is 32.1. The van der Waals surface area contributed by atoms with Crippen molar-refractivity contribution < 1.29 is 63.7 Å². The second-order valence-electron chi connectivity index (χ2n) is 16.7. The van der Waals surface area contributed by atoms with E-state index in [1.807, 2.05) is 0 Å². The maximum Gasteiger partial charge on any atom is 0.306 e. The number of fused-ring (bicyclic) bond motifs is 2. The molecule has 68 heavy (non-hydrogen) atoms. The zero-order valence-electron chi connectivity index (χ0n) is 37.1. The van der Waals surface area contributed by atoms with Gasteiger partial charge in [-0.05, 0) is 134 Å². The summed E-state index contributed by atoms with van der Waals surface area (Å²) in [5.74, 6) is -5.67. The quantitative estimate of drug-likeness (QED) is 0.113. The Labute approximate surface area is 391 Å². The number of ether oxygens (including phenoxy) is 2. The summed E-state index contributed by atoms with van der Waals surface area (Å²) in [4.78, 5) is 22.9. The molecule has 0 bridgehead atoms. The van der Waals surface area contributed by atoms with Crippen molar-refractivity contribution in [1.29, 1.82) is 0 Å². The number of rotatable bonds is 12. The van der Waals surface area contributed by atoms with Crippen LogP contribution in [0.1, 0.15) is 37.8 Å². The number of hydrogen-bond acceptors (Lipinski definition) is 8. The van der Waals surface area contributed by atoms with Gasteiger partial charge in [-0.2, -0.15) is 0 Å². The molecule has 0 spiro atoms. The third kappa shape index (κ3) is 10.6. The zero-order valence-corrected chi connectivity index (χ0v) is 38.7. The van der Waals surface area contributed by atoms with E-state index >= 15 is 0 Å². The number of benzene rings is 6. The molecule has 0 aromatic heterocycles. The zero-order chi connectivity index (χ0) is 49.2. The highest BCUT2D eigenvalue weighted by molar-refractivity contribution is 7.93. The van der Waals surface area contributed by atoms with Crippen LogP contribution in [0.25, 0.3) is 22.3 Å². The molecule has 0 unspecified atom stereocenters. The molecule has 0 amide bonds. The van der Waals surface area contributed by atoms with Crippen LogP contribution in [0.5, 0.6) is 11.5 Å². The standard InChI is InChI=1S/2C25H23F2NO5S/c2*1-15-4-3-5-20(10-15)34(31,32)28-14-19(11-16(2)25(29)30)33-24-9-6-17(12-23(24)28)21-13-18(26)7-8-22(21)27/h2*3-10,12-13,16,19H,11,14H2,1-2H3,(H,29,30)/t16-,19+;16-,19-/m10/s1. The van der Waals surface area contributed by atoms with Crippen LogP contribution in [0, 0.1) is 49.0 Å². The molecule has 4 atom stereocenters. The minimum absolute atomic E-state index is 0.0164. The van der Waals surface area contributed by atoms with Gasteiger partial charge in [-0.3, -0.25) is 18.2 Å². The van der Waals surface area contributed by atoms with E-state index < -0.39 is 79.3 Å². The van der Waals surface area contributed by atoms with Gasteiger partial charge in [0.25, 0.3) is 20.0 Å². The van der Waals surface area contributed by atoms with E-state index in [0.717, 1.165) is 56.1 Å². The Kier molecular flexibility index (Phi) is 14.2. The van der Waals surface area contributed by atoms with Crippen LogP contribution in [0.15, 0.2) is 131 Å². The Hall–Kier alpha value is -6.92. The number of sulfonamides is 2. The fraction of sp³-hybridized carbons (Fsp3) is 0.240. The topological polar surface area (TPSA) is 168 Å². The monoisotopic (exact) mass is 974 g/mol. The number of aryl methyl sites for hydroxylation is 2. The number of halogens is 4. The number of hydrogen-bond donors (Lipinski definition) is 2. The van der Waals surface area contributed by atoms with Crippen LogP contribution in [0.3, 0.4) is 0 Å². The van der Waals surface area contributed by atoms with Crippen molar-refractivity contribution in [1.82, 2.24) is 0 Å². The molecule has 0 saturated carbocycles. The largest absolute Gasteiger partial charge is 0.486 e. The molecule has 2 aliphatic rings. The average Bonchev–Trinajstić information content (AvgIpc) is 3.30. The number of nitrogens with zero attached hydrogens (tertiary/aromatic N) is 2. The molecule has 8 rings (SSSR count). The molecule has 6 aromatic rings. The highest BCUT2D eigenvalue weighted by Gasteiger charge is 2.38. The second kappa shape index (κ2) is 19.7. The summed E-state index contributed by atoms with van der Waals surface area (Å²) in [6.45, 7) is 6.34. The SMILES string of the molecule is Cc1cccc(S(=O)(=O)N2C[C@H](C[C@@H](C)C(=O)O)Oc3ccc(-c4cc(F)ccc4F)cc32)c1.Cc1cccc(S(=O)(=O)N2C[C@H](C[C@H](C)C(=O)O)Oc3ccc(-c4cc(F)ccc4F)cc32)c1. The summed E-state index contributed by atoms with van der Waals surface area (Å²) in [5, 5.41) is 18.6. The number of carboxylic acids is 2. The number of carboxylic acid groups (broad SMARTS) is 2. The Bertz CT molecular complexity index is 2930. The van der Waals surface area contributed by atoms with Gasteiger partial charge in [0.05, 0.1) is 46.1 Å². The maximum absolute atomic E-state index is 14.4. The highest BCUT2D eigenvalue weighted by Crippen LogP contribution is 2.43. The second-order valence-corrected chi connectivity index (χ2v) is 20.5. The van der Waals surface area contributed by atoms with E-state index in [4.69, 9.17) is 9.47 Å². The molecule has 12 nitrogen and oxygen atoms in total. The van der Waals surface area contributed by atoms with E-state index in [1.165, 1.54) is 74.5 Å². The minimum Gasteiger partial charge on any atom is -0.486 e. The molecule has 6 aromatic carbocycles. The van der Waals surface area contributed by atoms with Crippen LogP contribution in [-0.4, -0.2) is 64.3 Å². The van der Waals surface area contributed by atoms with E-state index in [1.54, 1.807) is 38.1 Å². The van der Waals surface area contributed by atoms with Crippen LogP contribution in [0.2, 0.25) is 0 Å². The third-order valence-corrected chi connectivity index (χ3v) is 15.0. The van der Waals surface area contributed by atoms with E-state index in [2.05, 4.69) is 0 Å². The van der Waals surface area contributed by atoms with Crippen molar-refractivity contribution in [2.75, 3.05) is 21.7 Å². The Morgan fingerprint density at radius 3 is 1.31 bits per heavy atom. The third-order valence-electron chi connectivity index (χ3n) is 11.5. The Balaban J connectivity index is 0.000000201. The molecule has 356 valence electrons. The van der Waals surface area contributed by atoms with Crippen LogP contribution in [0.4, 0.5) is 28.9 Å². The van der Waals surface area contributed by atoms with Crippen molar-refractivity contribution in [3.05, 3.63) is 156 Å². The normalized spacial score (nSPS) is 16.5. The molecular weight excluding hydrogens is 929 g/mol. The summed E-state index contributed by atoms with van der Waals surface area (Å²) < 4.78 is 125. The lowest BCUT2D eigenvalue weighted by Crippen LogP contribution is -2.44. The maximum atomic E-state index is 14.4. The Morgan fingerprint density at radius 2 is 0.956 bits per heavy atom. The van der Waals surface area contributed by atoms with Crippen LogP contribution < -0.4 is 18.1 Å². The Morgan fingerprint density at radius 1 is 0.574 bits per heavy atom. The van der Waals surface area contributed by atoms with Gasteiger partial charge < -0.3 is 19.7 Å². The summed E-state index contributed by atoms with van der Waals surface area (Å²) >= 11 is 0. The molecule has 2 aliphatic heterocycles. The van der Waals surface area contributed by atoms with Gasteiger partial charge in [0.2, 0.25) is 0 Å².